The van der Waals surface area contributed by atoms with E-state index in [1.165, 1.54) is 31.1 Å². The molecular weight excluding hydrogens is 634 g/mol. The van der Waals surface area contributed by atoms with Gasteiger partial charge in [-0.25, -0.2) is 4.39 Å². The van der Waals surface area contributed by atoms with E-state index in [0.717, 1.165) is 11.8 Å². The molecule has 0 aromatic heterocycles. The van der Waals surface area contributed by atoms with Crippen LogP contribution in [-0.4, -0.2) is 88.5 Å². The second-order valence-corrected chi connectivity index (χ2v) is 11.5. The van der Waals surface area contributed by atoms with Gasteiger partial charge in [-0.2, -0.15) is 0 Å². The van der Waals surface area contributed by atoms with E-state index < -0.39 is 86.7 Å². The highest BCUT2D eigenvalue weighted by molar-refractivity contribution is 6.24. The molecule has 12 nitrogen and oxygen atoms in total. The van der Waals surface area contributed by atoms with E-state index in [1.807, 2.05) is 19.0 Å². The number of phenolic OH excluding ortho intramolecular Hbond substituents is 1. The lowest BCUT2D eigenvalue weighted by Crippen LogP contribution is -2.65. The van der Waals surface area contributed by atoms with Crippen molar-refractivity contribution in [2.24, 2.45) is 17.6 Å². The summed E-state index contributed by atoms with van der Waals surface area (Å²) >= 11 is 0. The highest BCUT2D eigenvalue weighted by Crippen LogP contribution is 2.53. The number of fused-ring (bicyclic) bond motifs is 3. The molecule has 0 unspecified atom stereocenters. The molecule has 5 rings (SSSR count). The fraction of sp³-hybridized carbons (Fsp3) is 0.333. The van der Waals surface area contributed by atoms with Crippen molar-refractivity contribution in [2.75, 3.05) is 38.4 Å². The third-order valence-corrected chi connectivity index (χ3v) is 8.56. The number of nitrogens with zero attached hydrogens (tertiary/aromatic N) is 2. The Bertz CT molecular complexity index is 1670. The van der Waals surface area contributed by atoms with Crippen LogP contribution >= 0.6 is 24.8 Å². The lowest BCUT2D eigenvalue weighted by molar-refractivity contribution is -0.153. The predicted molar refractivity (Wildman–Crippen MR) is 167 cm³/mol. The Labute approximate surface area is 269 Å². The smallest absolute Gasteiger partial charge is 0.255 e. The second kappa shape index (κ2) is 12.3. The number of ketones is 2. The van der Waals surface area contributed by atoms with Crippen LogP contribution in [0.2, 0.25) is 0 Å². The van der Waals surface area contributed by atoms with Crippen LogP contribution in [0.5, 0.6) is 5.75 Å². The molecule has 4 atom stereocenters. The summed E-state index contributed by atoms with van der Waals surface area (Å²) in [4.78, 5) is 55.3. The van der Waals surface area contributed by atoms with E-state index in [-0.39, 0.29) is 54.5 Å². The number of benzene rings is 2. The maximum absolute atomic E-state index is 15.5. The monoisotopic (exact) mass is 666 g/mol. The van der Waals surface area contributed by atoms with E-state index in [0.29, 0.717) is 0 Å². The number of primary amides is 1. The second-order valence-electron chi connectivity index (χ2n) is 11.5. The number of aliphatic hydroxyl groups is 3. The van der Waals surface area contributed by atoms with Crippen molar-refractivity contribution in [3.05, 3.63) is 69.7 Å². The van der Waals surface area contributed by atoms with E-state index in [9.17, 15) is 39.6 Å². The fourth-order valence-electron chi connectivity index (χ4n) is 6.47. The van der Waals surface area contributed by atoms with Gasteiger partial charge < -0.3 is 36.4 Å². The summed E-state index contributed by atoms with van der Waals surface area (Å²) in [5, 5.41) is 47.4. The number of nitrogens with two attached hydrogens (primary N) is 1. The molecular formula is C30H33Cl2FN4O8. The number of aromatic hydroxyl groups is 1. The topological polar surface area (TPSA) is 194 Å². The first-order valence-electron chi connectivity index (χ1n) is 13.4. The molecule has 2 aromatic rings. The molecule has 1 fully saturated rings. The number of hydrogen-bond donors (Lipinski definition) is 6. The summed E-state index contributed by atoms with van der Waals surface area (Å²) in [5.74, 6) is -10.0. The van der Waals surface area contributed by atoms with E-state index in [4.69, 9.17) is 5.73 Å². The van der Waals surface area contributed by atoms with Gasteiger partial charge in [-0.3, -0.25) is 24.1 Å². The Morgan fingerprint density at radius 3 is 2.18 bits per heavy atom. The minimum atomic E-state index is -2.82. The number of amides is 2. The molecule has 15 heteroatoms. The van der Waals surface area contributed by atoms with Gasteiger partial charge in [0.25, 0.3) is 11.8 Å². The van der Waals surface area contributed by atoms with Gasteiger partial charge in [0.2, 0.25) is 5.78 Å². The number of nitrogens with one attached hydrogen (secondary N) is 1. The molecule has 3 aliphatic rings. The SMILES string of the molecule is CN(C)c1ccc(C(=O)Nc2cc(F)c3c(c2O)C(O)=C2C(=O)[C@]4(O)C(O)=C(C(N)=O)C(=O)[C@@H](N(C)C)[C@@H]4C[C@@H]2C3)cc1.Cl.Cl. The minimum absolute atomic E-state index is 0. The molecule has 242 valence electrons. The Balaban J connectivity index is 0.00000276. The van der Waals surface area contributed by atoms with Gasteiger partial charge in [-0.15, -0.1) is 24.8 Å². The summed E-state index contributed by atoms with van der Waals surface area (Å²) in [5.41, 5.74) is 1.20. The molecule has 0 bridgehead atoms. The zero-order valence-electron chi connectivity index (χ0n) is 24.6. The highest BCUT2D eigenvalue weighted by atomic mass is 35.5. The van der Waals surface area contributed by atoms with Crippen LogP contribution < -0.4 is 16.0 Å². The fourth-order valence-corrected chi connectivity index (χ4v) is 6.47. The largest absolute Gasteiger partial charge is 0.508 e. The number of phenols is 1. The molecule has 1 saturated carbocycles. The number of likely N-dealkylation sites (N-methyl/N-ethyl adjacent to an activating group) is 1. The first kappa shape index (κ1) is 35.3. The molecule has 7 N–H and O–H groups in total. The van der Waals surface area contributed by atoms with Crippen molar-refractivity contribution in [3.63, 3.8) is 0 Å². The van der Waals surface area contributed by atoms with E-state index in [1.54, 1.807) is 12.1 Å². The van der Waals surface area contributed by atoms with Crippen LogP contribution in [0.4, 0.5) is 15.8 Å². The van der Waals surface area contributed by atoms with Gasteiger partial charge in [0.05, 0.1) is 17.3 Å². The standard InChI is InChI=1S/C30H31FN4O8.2ClH/c1-34(2)14-7-5-12(6-8-14)29(42)33-18-11-17(31)15-9-13-10-16-22(35(3)4)25(38)21(28(32)41)27(40)30(16,43)26(39)19(13)24(37)20(15)23(18)36;;/h5-8,11,13,16,22,36-37,40,43H,9-10H2,1-4H3,(H2,32,41)(H,33,42);2*1H/t13-,16-,22-,30-;;/m0../s1. The maximum atomic E-state index is 15.5. The van der Waals surface area contributed by atoms with Crippen LogP contribution in [0.25, 0.3) is 5.76 Å². The molecule has 45 heavy (non-hydrogen) atoms. The number of rotatable bonds is 5. The lowest BCUT2D eigenvalue weighted by atomic mass is 9.57. The number of carbonyl (C=O) groups excluding carboxylic acids is 4. The lowest BCUT2D eigenvalue weighted by Gasteiger charge is -2.50. The first-order chi connectivity index (χ1) is 20.1. The molecule has 3 aliphatic carbocycles. The summed E-state index contributed by atoms with van der Waals surface area (Å²) in [6.45, 7) is 0. The van der Waals surface area contributed by atoms with Crippen molar-refractivity contribution in [3.8, 4) is 5.75 Å². The Morgan fingerprint density at radius 2 is 1.64 bits per heavy atom. The molecule has 0 radical (unpaired) electrons. The van der Waals surface area contributed by atoms with Crippen LogP contribution in [-0.2, 0) is 20.8 Å². The third kappa shape index (κ3) is 5.29. The van der Waals surface area contributed by atoms with Crippen molar-refractivity contribution < 1.29 is 44.0 Å². The third-order valence-electron chi connectivity index (χ3n) is 8.56. The summed E-state index contributed by atoms with van der Waals surface area (Å²) < 4.78 is 15.5. The van der Waals surface area contributed by atoms with Gasteiger partial charge in [0.15, 0.2) is 17.1 Å². The molecule has 0 aliphatic heterocycles. The van der Waals surface area contributed by atoms with Crippen LogP contribution in [0.15, 0.2) is 47.2 Å². The van der Waals surface area contributed by atoms with Crippen molar-refractivity contribution >= 4 is 65.3 Å². The van der Waals surface area contributed by atoms with E-state index in [2.05, 4.69) is 5.32 Å². The normalized spacial score (nSPS) is 23.8. The summed E-state index contributed by atoms with van der Waals surface area (Å²) in [6.07, 6.45) is -0.387. The predicted octanol–water partition coefficient (Wildman–Crippen LogP) is 2.27. The Kier molecular flexibility index (Phi) is 9.66. The molecule has 0 saturated heterocycles. The number of aliphatic hydroxyl groups excluding tert-OH is 2. The number of Topliss-reactive ketones (excluding diaryl/α,β-unsaturated/α-hetero) is 2. The van der Waals surface area contributed by atoms with Crippen molar-refractivity contribution in [1.29, 1.82) is 0 Å². The maximum Gasteiger partial charge on any atom is 0.255 e. The van der Waals surface area contributed by atoms with Gasteiger partial charge in [-0.05, 0) is 57.1 Å². The Morgan fingerprint density at radius 1 is 1.04 bits per heavy atom. The van der Waals surface area contributed by atoms with Crippen LogP contribution in [0, 0.1) is 17.7 Å². The minimum Gasteiger partial charge on any atom is -0.508 e. The van der Waals surface area contributed by atoms with Gasteiger partial charge in [-0.1, -0.05) is 0 Å². The van der Waals surface area contributed by atoms with E-state index >= 15 is 4.39 Å². The first-order valence-corrected chi connectivity index (χ1v) is 13.4. The quantitative estimate of drug-likeness (QED) is 0.204. The number of anilines is 2. The number of carbonyl (C=O) groups is 4. The molecule has 0 spiro atoms. The van der Waals surface area contributed by atoms with Crippen molar-refractivity contribution in [1.82, 2.24) is 4.90 Å². The molecule has 2 aromatic carbocycles. The zero-order valence-corrected chi connectivity index (χ0v) is 26.3. The molecule has 2 amide bonds. The van der Waals surface area contributed by atoms with Gasteiger partial charge in [0.1, 0.15) is 22.9 Å². The summed E-state index contributed by atoms with van der Waals surface area (Å²) in [7, 11) is 6.62. The van der Waals surface area contributed by atoms with Crippen molar-refractivity contribution in [2.45, 2.75) is 24.5 Å². The summed E-state index contributed by atoms with van der Waals surface area (Å²) in [6, 6.07) is 6.11. The van der Waals surface area contributed by atoms with Gasteiger partial charge in [0, 0.05) is 48.5 Å². The number of hydrogen-bond acceptors (Lipinski definition) is 10. The highest BCUT2D eigenvalue weighted by Gasteiger charge is 2.64. The zero-order chi connectivity index (χ0) is 31.7. The average molecular weight is 668 g/mol. The molecule has 0 heterocycles. The van der Waals surface area contributed by atoms with Crippen LogP contribution in [0.3, 0.4) is 0 Å². The van der Waals surface area contributed by atoms with Gasteiger partial charge >= 0.3 is 0 Å². The van der Waals surface area contributed by atoms with Crippen LogP contribution in [0.1, 0.15) is 27.9 Å². The average Bonchev–Trinajstić information content (AvgIpc) is 2.93. The Hall–Kier alpha value is -4.17. The number of halogens is 3.